The van der Waals surface area contributed by atoms with E-state index in [2.05, 4.69) is 12.1 Å². The van der Waals surface area contributed by atoms with Crippen molar-refractivity contribution in [3.05, 3.63) is 70.8 Å². The maximum atomic E-state index is 11.2. The average molecular weight is 348 g/mol. The summed E-state index contributed by atoms with van der Waals surface area (Å²) >= 11 is 0. The minimum absolute atomic E-state index is 0.225. The van der Waals surface area contributed by atoms with E-state index in [0.717, 1.165) is 23.5 Å². The summed E-state index contributed by atoms with van der Waals surface area (Å²) in [5.74, 6) is 2.14. The normalized spacial score (nSPS) is 21.3. The van der Waals surface area contributed by atoms with Crippen molar-refractivity contribution in [3.8, 4) is 0 Å². The van der Waals surface area contributed by atoms with Crippen molar-refractivity contribution >= 4 is 20.6 Å². The molecule has 0 saturated heterocycles. The molecule has 0 aromatic heterocycles. The Kier molecular flexibility index (Phi) is 4.97. The molecule has 2 aliphatic rings. The van der Waals surface area contributed by atoms with Crippen molar-refractivity contribution in [2.24, 2.45) is 0 Å². The van der Waals surface area contributed by atoms with E-state index >= 15 is 0 Å². The molecule has 2 aromatic carbocycles. The van der Waals surface area contributed by atoms with E-state index in [1.807, 2.05) is 36.4 Å². The number of hydrogen-bond acceptors (Lipinski definition) is 3. The summed E-state index contributed by atoms with van der Waals surface area (Å²) < 4.78 is 33.6. The summed E-state index contributed by atoms with van der Waals surface area (Å²) in [4.78, 5) is 0. The van der Waals surface area contributed by atoms with Gasteiger partial charge in [-0.1, -0.05) is 48.5 Å². The van der Waals surface area contributed by atoms with Gasteiger partial charge in [0.2, 0.25) is 0 Å². The van der Waals surface area contributed by atoms with Crippen LogP contribution in [0.15, 0.2) is 48.5 Å². The lowest BCUT2D eigenvalue weighted by atomic mass is 10.1. The molecule has 0 fully saturated rings. The quantitative estimate of drug-likeness (QED) is 0.735. The Morgan fingerprint density at radius 1 is 0.783 bits per heavy atom. The van der Waals surface area contributed by atoms with Gasteiger partial charge < -0.3 is 0 Å². The summed E-state index contributed by atoms with van der Waals surface area (Å²) in [6.45, 7) is 0. The van der Waals surface area contributed by atoms with Crippen LogP contribution in [0.25, 0.3) is 0 Å². The molecule has 1 unspecified atom stereocenters. The molecule has 0 radical (unpaired) electrons. The zero-order valence-electron chi connectivity index (χ0n) is 12.9. The van der Waals surface area contributed by atoms with Crippen LogP contribution in [0.1, 0.15) is 22.3 Å². The number of sulfone groups is 1. The Morgan fingerprint density at radius 3 is 2.04 bits per heavy atom. The monoisotopic (exact) mass is 348 g/mol. The molecule has 2 heterocycles. The lowest BCUT2D eigenvalue weighted by Gasteiger charge is -2.15. The average Bonchev–Trinajstić information content (AvgIpc) is 2.54. The van der Waals surface area contributed by atoms with Gasteiger partial charge in [0.05, 0.1) is 11.5 Å². The third-order valence-corrected chi connectivity index (χ3v) is 7.08. The molecule has 2 aromatic rings. The Balaban J connectivity index is 0.000000136. The molecule has 0 aliphatic carbocycles. The van der Waals surface area contributed by atoms with E-state index in [1.165, 1.54) is 16.7 Å². The molecule has 4 rings (SSSR count). The first-order chi connectivity index (χ1) is 11.0. The molecule has 0 saturated carbocycles. The van der Waals surface area contributed by atoms with Crippen LogP contribution in [-0.4, -0.2) is 24.1 Å². The molecule has 0 spiro atoms. The van der Waals surface area contributed by atoms with Gasteiger partial charge in [0.25, 0.3) is 0 Å². The molecule has 5 heteroatoms. The fraction of sp³-hybridized carbons (Fsp3) is 0.333. The number of aryl methyl sites for hydroxylation is 2. The number of hydrogen-bond donors (Lipinski definition) is 0. The zero-order chi connectivity index (χ0) is 16.3. The molecular weight excluding hydrogens is 328 g/mol. The summed E-state index contributed by atoms with van der Waals surface area (Å²) in [5, 5.41) is 0. The smallest absolute Gasteiger partial charge is 0.154 e. The van der Waals surface area contributed by atoms with E-state index in [9.17, 15) is 12.6 Å². The van der Waals surface area contributed by atoms with Gasteiger partial charge in [-0.2, -0.15) is 0 Å². The van der Waals surface area contributed by atoms with Crippen LogP contribution in [0.2, 0.25) is 0 Å². The van der Waals surface area contributed by atoms with Crippen LogP contribution in [-0.2, 0) is 45.0 Å². The van der Waals surface area contributed by atoms with Gasteiger partial charge in [0.15, 0.2) is 9.84 Å². The lowest BCUT2D eigenvalue weighted by molar-refractivity contribution is 0.591. The molecule has 2 aliphatic heterocycles. The fourth-order valence-electron chi connectivity index (χ4n) is 2.93. The SMILES string of the molecule is O=S1(=O)CCc2ccccc2C1.O=S1CCc2ccccc2C1. The minimum Gasteiger partial charge on any atom is -0.259 e. The van der Waals surface area contributed by atoms with E-state index in [4.69, 9.17) is 0 Å². The molecule has 1 atom stereocenters. The maximum absolute atomic E-state index is 11.2. The van der Waals surface area contributed by atoms with E-state index < -0.39 is 20.6 Å². The van der Waals surface area contributed by atoms with Crippen LogP contribution in [0.5, 0.6) is 0 Å². The summed E-state index contributed by atoms with van der Waals surface area (Å²) in [7, 11) is -3.40. The molecule has 0 amide bonds. The van der Waals surface area contributed by atoms with Gasteiger partial charge in [-0.3, -0.25) is 4.21 Å². The first kappa shape index (κ1) is 16.4. The van der Waals surface area contributed by atoms with Crippen LogP contribution >= 0.6 is 0 Å². The third-order valence-electron chi connectivity index (χ3n) is 4.21. The largest absolute Gasteiger partial charge is 0.259 e. The minimum atomic E-state index is -2.80. The predicted octanol–water partition coefficient (Wildman–Crippen LogP) is 2.65. The summed E-state index contributed by atoms with van der Waals surface area (Å²) in [6.07, 6.45) is 1.67. The molecular formula is C18H20O3S2. The van der Waals surface area contributed by atoms with Crippen molar-refractivity contribution in [3.63, 3.8) is 0 Å². The standard InChI is InChI=1S/C9H10O2S.C9H10OS/c10-12(11)6-5-8-3-1-2-4-9(8)7-12;10-11-6-5-8-3-1-2-4-9(8)7-11/h1-4H,5-7H2;1-4H,5-7H2. The van der Waals surface area contributed by atoms with E-state index in [0.29, 0.717) is 12.2 Å². The molecule has 0 N–H and O–H groups in total. The van der Waals surface area contributed by atoms with Crippen molar-refractivity contribution in [1.29, 1.82) is 0 Å². The van der Waals surface area contributed by atoms with Crippen LogP contribution in [0.3, 0.4) is 0 Å². The second-order valence-corrected chi connectivity index (χ2v) is 9.68. The Hall–Kier alpha value is -1.46. The molecule has 122 valence electrons. The highest BCUT2D eigenvalue weighted by molar-refractivity contribution is 7.90. The maximum Gasteiger partial charge on any atom is 0.154 e. The second kappa shape index (κ2) is 6.97. The number of fused-ring (bicyclic) bond motifs is 2. The van der Waals surface area contributed by atoms with Crippen LogP contribution in [0, 0.1) is 0 Å². The first-order valence-electron chi connectivity index (χ1n) is 7.72. The van der Waals surface area contributed by atoms with Crippen molar-refractivity contribution in [2.75, 3.05) is 11.5 Å². The van der Waals surface area contributed by atoms with Crippen LogP contribution < -0.4 is 0 Å². The fourth-order valence-corrected chi connectivity index (χ4v) is 5.58. The van der Waals surface area contributed by atoms with Gasteiger partial charge in [-0.05, 0) is 35.1 Å². The number of benzene rings is 2. The Labute approximate surface area is 140 Å². The highest BCUT2D eigenvalue weighted by Gasteiger charge is 2.19. The van der Waals surface area contributed by atoms with Gasteiger partial charge in [0, 0.05) is 22.3 Å². The predicted molar refractivity (Wildman–Crippen MR) is 94.5 cm³/mol. The van der Waals surface area contributed by atoms with E-state index in [1.54, 1.807) is 0 Å². The van der Waals surface area contributed by atoms with Gasteiger partial charge >= 0.3 is 0 Å². The molecule has 3 nitrogen and oxygen atoms in total. The number of rotatable bonds is 0. The summed E-state index contributed by atoms with van der Waals surface area (Å²) in [6, 6.07) is 16.0. The van der Waals surface area contributed by atoms with Crippen molar-refractivity contribution in [2.45, 2.75) is 24.3 Å². The van der Waals surface area contributed by atoms with E-state index in [-0.39, 0.29) is 5.75 Å². The molecule has 0 bridgehead atoms. The first-order valence-corrected chi connectivity index (χ1v) is 11.0. The Morgan fingerprint density at radius 2 is 1.35 bits per heavy atom. The van der Waals surface area contributed by atoms with Gasteiger partial charge in [-0.15, -0.1) is 0 Å². The third kappa shape index (κ3) is 4.30. The van der Waals surface area contributed by atoms with Crippen molar-refractivity contribution < 1.29 is 12.6 Å². The van der Waals surface area contributed by atoms with Crippen LogP contribution in [0.4, 0.5) is 0 Å². The summed E-state index contributed by atoms with van der Waals surface area (Å²) in [5.41, 5.74) is 4.82. The lowest BCUT2D eigenvalue weighted by Crippen LogP contribution is -2.18. The topological polar surface area (TPSA) is 51.2 Å². The zero-order valence-corrected chi connectivity index (χ0v) is 14.5. The highest BCUT2D eigenvalue weighted by atomic mass is 32.2. The van der Waals surface area contributed by atoms with Gasteiger partial charge in [0.1, 0.15) is 0 Å². The highest BCUT2D eigenvalue weighted by Crippen LogP contribution is 2.19. The Bertz CT molecular complexity index is 826. The second-order valence-electron chi connectivity index (χ2n) is 5.92. The molecule has 23 heavy (non-hydrogen) atoms. The van der Waals surface area contributed by atoms with Crippen molar-refractivity contribution in [1.82, 2.24) is 0 Å². The van der Waals surface area contributed by atoms with Gasteiger partial charge in [-0.25, -0.2) is 8.42 Å².